The van der Waals surface area contributed by atoms with Crippen molar-refractivity contribution in [2.75, 3.05) is 6.54 Å². The average molecular weight is 318 g/mol. The van der Waals surface area contributed by atoms with E-state index in [0.29, 0.717) is 19.4 Å². The summed E-state index contributed by atoms with van der Waals surface area (Å²) in [5.41, 5.74) is 4.48. The number of alkyl carbamates (subject to hydrolysis) is 1. The summed E-state index contributed by atoms with van der Waals surface area (Å²) in [5.74, 6) is -2.60. The largest absolute Gasteiger partial charge is 0.444 e. The third kappa shape index (κ3) is 3.36. The van der Waals surface area contributed by atoms with Crippen molar-refractivity contribution in [1.82, 2.24) is 5.32 Å². The van der Waals surface area contributed by atoms with Crippen molar-refractivity contribution in [3.8, 4) is 0 Å². The standard InChI is InChI=1S/C16H28F2N2O2/c1-13(2,3)22-12(21)20-15(5-4-6-15)14(11-19)7-9-16(17,18)10-8-14/h4-11,19H2,1-3H3,(H,20,21). The van der Waals surface area contributed by atoms with Crippen LogP contribution in [0, 0.1) is 5.41 Å². The third-order valence-corrected chi connectivity index (χ3v) is 5.29. The summed E-state index contributed by atoms with van der Waals surface area (Å²) in [6.07, 6.45) is 2.48. The van der Waals surface area contributed by atoms with Crippen LogP contribution >= 0.6 is 0 Å². The number of ether oxygens (including phenoxy) is 1. The quantitative estimate of drug-likeness (QED) is 0.836. The van der Waals surface area contributed by atoms with E-state index in [2.05, 4.69) is 5.32 Å². The number of hydrogen-bond donors (Lipinski definition) is 2. The molecule has 4 nitrogen and oxygen atoms in total. The molecule has 2 fully saturated rings. The molecular weight excluding hydrogens is 290 g/mol. The Kier molecular flexibility index (Phi) is 4.46. The lowest BCUT2D eigenvalue weighted by molar-refractivity contribution is -0.104. The second kappa shape index (κ2) is 5.62. The van der Waals surface area contributed by atoms with Gasteiger partial charge in [0.25, 0.3) is 0 Å². The Morgan fingerprint density at radius 1 is 1.14 bits per heavy atom. The number of halogens is 2. The first-order valence-corrected chi connectivity index (χ1v) is 8.12. The maximum Gasteiger partial charge on any atom is 0.408 e. The summed E-state index contributed by atoms with van der Waals surface area (Å²) in [4.78, 5) is 12.2. The molecule has 2 aliphatic rings. The molecule has 0 bridgehead atoms. The molecule has 2 aliphatic carbocycles. The van der Waals surface area contributed by atoms with Gasteiger partial charge in [0, 0.05) is 24.8 Å². The molecule has 128 valence electrons. The Hall–Kier alpha value is -0.910. The van der Waals surface area contributed by atoms with E-state index >= 15 is 0 Å². The van der Waals surface area contributed by atoms with Gasteiger partial charge in [0.1, 0.15) is 5.60 Å². The fraction of sp³-hybridized carbons (Fsp3) is 0.938. The number of nitrogens with one attached hydrogen (secondary N) is 1. The van der Waals surface area contributed by atoms with Crippen LogP contribution in [0.5, 0.6) is 0 Å². The molecule has 0 unspecified atom stereocenters. The summed E-state index contributed by atoms with van der Waals surface area (Å²) >= 11 is 0. The van der Waals surface area contributed by atoms with Crippen molar-refractivity contribution in [2.45, 2.75) is 82.8 Å². The Morgan fingerprint density at radius 3 is 2.05 bits per heavy atom. The Balaban J connectivity index is 2.13. The third-order valence-electron chi connectivity index (χ3n) is 5.29. The van der Waals surface area contributed by atoms with E-state index in [4.69, 9.17) is 10.5 Å². The van der Waals surface area contributed by atoms with E-state index in [1.807, 2.05) is 0 Å². The van der Waals surface area contributed by atoms with Crippen LogP contribution < -0.4 is 11.1 Å². The minimum absolute atomic E-state index is 0.151. The van der Waals surface area contributed by atoms with Gasteiger partial charge in [-0.25, -0.2) is 13.6 Å². The Labute approximate surface area is 131 Å². The molecule has 2 rings (SSSR count). The molecule has 0 aromatic heterocycles. The Bertz CT molecular complexity index is 418. The predicted molar refractivity (Wildman–Crippen MR) is 80.9 cm³/mol. The molecule has 3 N–H and O–H groups in total. The zero-order valence-corrected chi connectivity index (χ0v) is 13.8. The van der Waals surface area contributed by atoms with Crippen LogP contribution in [0.2, 0.25) is 0 Å². The highest BCUT2D eigenvalue weighted by atomic mass is 19.3. The molecule has 0 aliphatic heterocycles. The van der Waals surface area contributed by atoms with Gasteiger partial charge in [-0.2, -0.15) is 0 Å². The van der Waals surface area contributed by atoms with Gasteiger partial charge in [0.05, 0.1) is 5.54 Å². The lowest BCUT2D eigenvalue weighted by atomic mass is 9.53. The number of carbonyl (C=O) groups is 1. The fourth-order valence-electron chi connectivity index (χ4n) is 3.79. The Morgan fingerprint density at radius 2 is 1.68 bits per heavy atom. The van der Waals surface area contributed by atoms with E-state index in [1.165, 1.54) is 0 Å². The van der Waals surface area contributed by atoms with Crippen molar-refractivity contribution in [1.29, 1.82) is 0 Å². The lowest BCUT2D eigenvalue weighted by Gasteiger charge is -2.58. The van der Waals surface area contributed by atoms with Gasteiger partial charge in [-0.3, -0.25) is 0 Å². The van der Waals surface area contributed by atoms with Gasteiger partial charge in [0.2, 0.25) is 5.92 Å². The first kappa shape index (κ1) is 17.4. The molecule has 22 heavy (non-hydrogen) atoms. The highest BCUT2D eigenvalue weighted by molar-refractivity contribution is 5.69. The summed E-state index contributed by atoms with van der Waals surface area (Å²) in [6, 6.07) is 0. The summed E-state index contributed by atoms with van der Waals surface area (Å²) in [7, 11) is 0. The molecular formula is C16H28F2N2O2. The maximum absolute atomic E-state index is 13.5. The van der Waals surface area contributed by atoms with Gasteiger partial charge < -0.3 is 15.8 Å². The molecule has 0 aromatic carbocycles. The van der Waals surface area contributed by atoms with Crippen LogP contribution in [0.4, 0.5) is 13.6 Å². The fourth-order valence-corrected chi connectivity index (χ4v) is 3.79. The number of nitrogens with two attached hydrogens (primary N) is 1. The summed E-state index contributed by atoms with van der Waals surface area (Å²) < 4.78 is 32.4. The second-order valence-electron chi connectivity index (χ2n) is 7.90. The van der Waals surface area contributed by atoms with Gasteiger partial charge in [-0.1, -0.05) is 0 Å². The minimum Gasteiger partial charge on any atom is -0.444 e. The highest BCUT2D eigenvalue weighted by Gasteiger charge is 2.58. The molecule has 0 atom stereocenters. The minimum atomic E-state index is -2.60. The zero-order chi connectivity index (χ0) is 16.6. The molecule has 1 amide bonds. The van der Waals surface area contributed by atoms with Crippen LogP contribution in [0.15, 0.2) is 0 Å². The van der Waals surface area contributed by atoms with Crippen molar-refractivity contribution in [3.05, 3.63) is 0 Å². The van der Waals surface area contributed by atoms with Crippen LogP contribution in [0.3, 0.4) is 0 Å². The van der Waals surface area contributed by atoms with Crippen LogP contribution in [-0.2, 0) is 4.74 Å². The monoisotopic (exact) mass is 318 g/mol. The van der Waals surface area contributed by atoms with E-state index in [-0.39, 0.29) is 12.8 Å². The van der Waals surface area contributed by atoms with Gasteiger partial charge >= 0.3 is 6.09 Å². The van der Waals surface area contributed by atoms with Gasteiger partial charge in [0.15, 0.2) is 0 Å². The predicted octanol–water partition coefficient (Wildman–Crippen LogP) is 3.59. The number of alkyl halides is 2. The summed E-state index contributed by atoms with van der Waals surface area (Å²) in [5, 5.41) is 2.99. The van der Waals surface area contributed by atoms with Crippen molar-refractivity contribution in [2.24, 2.45) is 11.1 Å². The number of carbonyl (C=O) groups excluding carboxylic acids is 1. The number of rotatable bonds is 3. The van der Waals surface area contributed by atoms with E-state index in [0.717, 1.165) is 19.3 Å². The van der Waals surface area contributed by atoms with Crippen molar-refractivity contribution in [3.63, 3.8) is 0 Å². The van der Waals surface area contributed by atoms with Gasteiger partial charge in [-0.15, -0.1) is 0 Å². The highest BCUT2D eigenvalue weighted by Crippen LogP contribution is 2.55. The van der Waals surface area contributed by atoms with E-state index < -0.39 is 28.6 Å². The normalized spacial score (nSPS) is 25.9. The SMILES string of the molecule is CC(C)(C)OC(=O)NC1(C2(CN)CCC(F)(F)CC2)CCC1. The topological polar surface area (TPSA) is 64.3 Å². The van der Waals surface area contributed by atoms with E-state index in [1.54, 1.807) is 20.8 Å². The molecule has 2 saturated carbocycles. The number of amides is 1. The van der Waals surface area contributed by atoms with Crippen LogP contribution in [0.1, 0.15) is 65.7 Å². The first-order valence-electron chi connectivity index (χ1n) is 8.12. The van der Waals surface area contributed by atoms with Crippen molar-refractivity contribution < 1.29 is 18.3 Å². The molecule has 0 heterocycles. The first-order chi connectivity index (χ1) is 10.0. The summed E-state index contributed by atoms with van der Waals surface area (Å²) in [6.45, 7) is 5.73. The molecule has 0 saturated heterocycles. The number of hydrogen-bond acceptors (Lipinski definition) is 3. The smallest absolute Gasteiger partial charge is 0.408 e. The molecule has 6 heteroatoms. The lowest BCUT2D eigenvalue weighted by Crippen LogP contribution is -2.67. The van der Waals surface area contributed by atoms with Gasteiger partial charge in [-0.05, 0) is 52.9 Å². The second-order valence-corrected chi connectivity index (χ2v) is 7.90. The maximum atomic E-state index is 13.5. The van der Waals surface area contributed by atoms with Crippen LogP contribution in [0.25, 0.3) is 0 Å². The molecule has 0 radical (unpaired) electrons. The zero-order valence-electron chi connectivity index (χ0n) is 13.8. The van der Waals surface area contributed by atoms with Crippen LogP contribution in [-0.4, -0.2) is 29.7 Å². The van der Waals surface area contributed by atoms with E-state index in [9.17, 15) is 13.6 Å². The van der Waals surface area contributed by atoms with Crippen molar-refractivity contribution >= 4 is 6.09 Å². The average Bonchev–Trinajstić information content (AvgIpc) is 2.33. The molecule has 0 aromatic rings. The molecule has 0 spiro atoms.